The zero-order valence-electron chi connectivity index (χ0n) is 14.4. The Morgan fingerprint density at radius 3 is 2.19 bits per heavy atom. The number of carbonyl (C=O) groups excluding carboxylic acids is 1. The fourth-order valence-corrected chi connectivity index (χ4v) is 3.19. The van der Waals surface area contributed by atoms with Gasteiger partial charge in [0.2, 0.25) is 0 Å². The summed E-state index contributed by atoms with van der Waals surface area (Å²) in [4.78, 5) is 23.2. The van der Waals surface area contributed by atoms with E-state index in [0.717, 1.165) is 22.3 Å². The molecule has 0 heterocycles. The van der Waals surface area contributed by atoms with E-state index in [9.17, 15) is 9.59 Å². The van der Waals surface area contributed by atoms with Gasteiger partial charge in [0, 0.05) is 12.5 Å². The monoisotopic (exact) mass is 355 g/mol. The first-order valence-electron chi connectivity index (χ1n) is 8.35. The smallest absolute Gasteiger partial charge is 0.407 e. The van der Waals surface area contributed by atoms with Gasteiger partial charge in [-0.3, -0.25) is 10.9 Å². The minimum absolute atomic E-state index is 0.0377. The van der Waals surface area contributed by atoms with E-state index in [1.807, 2.05) is 36.4 Å². The zero-order valence-corrected chi connectivity index (χ0v) is 14.4. The van der Waals surface area contributed by atoms with Gasteiger partial charge in [-0.15, -0.1) is 0 Å². The van der Waals surface area contributed by atoms with Crippen LogP contribution in [0.15, 0.2) is 48.5 Å². The number of hydrogen-bond acceptors (Lipinski definition) is 5. The molecule has 2 aromatic carbocycles. The Balaban J connectivity index is 1.68. The minimum Gasteiger partial charge on any atom is -0.480 e. The lowest BCUT2D eigenvalue weighted by Crippen LogP contribution is -2.49. The third-order valence-electron chi connectivity index (χ3n) is 4.42. The lowest BCUT2D eigenvalue weighted by atomic mass is 9.98. The van der Waals surface area contributed by atoms with Crippen LogP contribution in [-0.2, 0) is 9.53 Å². The molecule has 0 saturated heterocycles. The van der Waals surface area contributed by atoms with E-state index in [2.05, 4.69) is 28.3 Å². The Hall–Kier alpha value is -2.90. The number of ether oxygens (including phenoxy) is 1. The van der Waals surface area contributed by atoms with Crippen molar-refractivity contribution in [1.29, 1.82) is 0 Å². The topological polar surface area (TPSA) is 99.7 Å². The number of fused-ring (bicyclic) bond motifs is 3. The van der Waals surface area contributed by atoms with Crippen LogP contribution < -0.4 is 16.2 Å². The highest BCUT2D eigenvalue weighted by atomic mass is 16.5. The normalized spacial score (nSPS) is 13.6. The fourth-order valence-electron chi connectivity index (χ4n) is 3.19. The number of hydrogen-bond donors (Lipinski definition) is 4. The number of hydrazine groups is 1. The van der Waals surface area contributed by atoms with Gasteiger partial charge < -0.3 is 15.2 Å². The standard InChI is InChI=1S/C19H21N3O4/c1-20-21-10-17(18(23)24)22-19(25)26-11-16-14-8-4-2-6-12(14)13-7-3-5-9-15(13)16/h2-9,16-17,20-21H,10-11H2,1H3,(H,22,25)(H,23,24). The van der Waals surface area contributed by atoms with Crippen molar-refractivity contribution in [3.05, 3.63) is 59.7 Å². The quantitative estimate of drug-likeness (QED) is 0.564. The second-order valence-corrected chi connectivity index (χ2v) is 5.99. The summed E-state index contributed by atoms with van der Waals surface area (Å²) in [5.41, 5.74) is 9.76. The number of carbonyl (C=O) groups is 2. The Morgan fingerprint density at radius 1 is 1.08 bits per heavy atom. The third kappa shape index (κ3) is 3.68. The second kappa shape index (κ2) is 7.99. The first kappa shape index (κ1) is 17.9. The number of carboxylic acid groups (broad SMARTS) is 1. The number of aliphatic carboxylic acids is 1. The fraction of sp³-hybridized carbons (Fsp3) is 0.263. The molecule has 0 spiro atoms. The van der Waals surface area contributed by atoms with Crippen LogP contribution in [0.4, 0.5) is 4.79 Å². The predicted octanol–water partition coefficient (Wildman–Crippen LogP) is 1.70. The molecule has 1 aliphatic carbocycles. The summed E-state index contributed by atoms with van der Waals surface area (Å²) < 4.78 is 5.34. The van der Waals surface area contributed by atoms with E-state index in [1.165, 1.54) is 0 Å². The van der Waals surface area contributed by atoms with Gasteiger partial charge in [0.15, 0.2) is 0 Å². The van der Waals surface area contributed by atoms with Gasteiger partial charge in [-0.05, 0) is 29.3 Å². The van der Waals surface area contributed by atoms with Crippen molar-refractivity contribution in [2.45, 2.75) is 12.0 Å². The van der Waals surface area contributed by atoms with E-state index in [0.29, 0.717) is 0 Å². The molecule has 1 amide bonds. The van der Waals surface area contributed by atoms with E-state index >= 15 is 0 Å². The number of rotatable bonds is 7. The maximum absolute atomic E-state index is 12.1. The molecule has 136 valence electrons. The molecule has 7 heteroatoms. The average molecular weight is 355 g/mol. The third-order valence-corrected chi connectivity index (χ3v) is 4.42. The molecule has 0 saturated carbocycles. The van der Waals surface area contributed by atoms with Gasteiger partial charge in [0.25, 0.3) is 0 Å². The SMILES string of the molecule is CNNCC(NC(=O)OCC1c2ccccc2-c2ccccc21)C(=O)O. The zero-order chi connectivity index (χ0) is 18.5. The minimum atomic E-state index is -1.14. The Labute approximate surface area is 151 Å². The Bertz CT molecular complexity index is 763. The molecule has 1 aliphatic rings. The van der Waals surface area contributed by atoms with Crippen LogP contribution in [0.1, 0.15) is 17.0 Å². The molecular weight excluding hydrogens is 334 g/mol. The average Bonchev–Trinajstić information content (AvgIpc) is 2.97. The maximum atomic E-state index is 12.1. The van der Waals surface area contributed by atoms with Crippen molar-refractivity contribution < 1.29 is 19.4 Å². The summed E-state index contributed by atoms with van der Waals surface area (Å²) in [6.07, 6.45) is -0.753. The molecule has 4 N–H and O–H groups in total. The molecular formula is C19H21N3O4. The van der Waals surface area contributed by atoms with Crippen molar-refractivity contribution in [3.63, 3.8) is 0 Å². The van der Waals surface area contributed by atoms with E-state index in [4.69, 9.17) is 9.84 Å². The molecule has 0 fully saturated rings. The van der Waals surface area contributed by atoms with Gasteiger partial charge in [0.1, 0.15) is 12.6 Å². The van der Waals surface area contributed by atoms with E-state index < -0.39 is 18.1 Å². The van der Waals surface area contributed by atoms with Crippen LogP contribution in [-0.4, -0.2) is 43.4 Å². The number of carboxylic acids is 1. The highest BCUT2D eigenvalue weighted by molar-refractivity contribution is 5.81. The maximum Gasteiger partial charge on any atom is 0.407 e. The highest BCUT2D eigenvalue weighted by Gasteiger charge is 2.29. The molecule has 2 aromatic rings. The number of nitrogens with one attached hydrogen (secondary N) is 3. The van der Waals surface area contributed by atoms with Crippen LogP contribution in [0.25, 0.3) is 11.1 Å². The van der Waals surface area contributed by atoms with Gasteiger partial charge in [-0.1, -0.05) is 48.5 Å². The molecule has 1 unspecified atom stereocenters. The van der Waals surface area contributed by atoms with E-state index in [1.54, 1.807) is 7.05 Å². The molecule has 0 radical (unpaired) electrons. The van der Waals surface area contributed by atoms with Crippen LogP contribution in [0, 0.1) is 0 Å². The first-order chi connectivity index (χ1) is 12.6. The molecule has 0 aromatic heterocycles. The van der Waals surface area contributed by atoms with Gasteiger partial charge in [0.05, 0.1) is 0 Å². The van der Waals surface area contributed by atoms with Crippen molar-refractivity contribution in [3.8, 4) is 11.1 Å². The Morgan fingerprint density at radius 2 is 1.65 bits per heavy atom. The van der Waals surface area contributed by atoms with Crippen molar-refractivity contribution in [2.75, 3.05) is 20.2 Å². The molecule has 3 rings (SSSR count). The molecule has 0 aliphatic heterocycles. The largest absolute Gasteiger partial charge is 0.480 e. The predicted molar refractivity (Wildman–Crippen MR) is 96.7 cm³/mol. The van der Waals surface area contributed by atoms with Crippen LogP contribution in [0.5, 0.6) is 0 Å². The van der Waals surface area contributed by atoms with Crippen molar-refractivity contribution in [1.82, 2.24) is 16.2 Å². The van der Waals surface area contributed by atoms with E-state index in [-0.39, 0.29) is 19.1 Å². The molecule has 7 nitrogen and oxygen atoms in total. The number of benzene rings is 2. The van der Waals surface area contributed by atoms with Gasteiger partial charge >= 0.3 is 12.1 Å². The Kier molecular flexibility index (Phi) is 5.50. The highest BCUT2D eigenvalue weighted by Crippen LogP contribution is 2.44. The lowest BCUT2D eigenvalue weighted by Gasteiger charge is -2.17. The molecule has 26 heavy (non-hydrogen) atoms. The van der Waals surface area contributed by atoms with Crippen molar-refractivity contribution in [2.24, 2.45) is 0 Å². The van der Waals surface area contributed by atoms with Crippen LogP contribution in [0.3, 0.4) is 0 Å². The number of amides is 1. The first-order valence-corrected chi connectivity index (χ1v) is 8.35. The summed E-state index contributed by atoms with van der Waals surface area (Å²) in [5, 5.41) is 11.5. The van der Waals surface area contributed by atoms with Gasteiger partial charge in [-0.25, -0.2) is 9.59 Å². The summed E-state index contributed by atoms with van der Waals surface area (Å²) in [6.45, 7) is 0.182. The summed E-state index contributed by atoms with van der Waals surface area (Å²) in [6, 6.07) is 15.0. The number of alkyl carbamates (subject to hydrolysis) is 1. The summed E-state index contributed by atoms with van der Waals surface area (Å²) >= 11 is 0. The molecule has 0 bridgehead atoms. The van der Waals surface area contributed by atoms with Crippen LogP contribution >= 0.6 is 0 Å². The van der Waals surface area contributed by atoms with Crippen LogP contribution in [0.2, 0.25) is 0 Å². The van der Waals surface area contributed by atoms with Crippen molar-refractivity contribution >= 4 is 12.1 Å². The van der Waals surface area contributed by atoms with Gasteiger partial charge in [-0.2, -0.15) is 0 Å². The molecule has 1 atom stereocenters. The second-order valence-electron chi connectivity index (χ2n) is 5.99. The summed E-state index contributed by atoms with van der Waals surface area (Å²) in [7, 11) is 1.62. The summed E-state index contributed by atoms with van der Waals surface area (Å²) in [5.74, 6) is -1.20. The lowest BCUT2D eigenvalue weighted by molar-refractivity contribution is -0.139.